The van der Waals surface area contributed by atoms with Crippen LogP contribution in [0.3, 0.4) is 0 Å². The smallest absolute Gasteiger partial charge is 0.163 e. The lowest BCUT2D eigenvalue weighted by Crippen LogP contribution is -2.17. The van der Waals surface area contributed by atoms with Crippen LogP contribution in [0.15, 0.2) is 22.7 Å². The van der Waals surface area contributed by atoms with Crippen molar-refractivity contribution in [1.29, 1.82) is 0 Å². The zero-order valence-corrected chi connectivity index (χ0v) is 17.7. The molecule has 0 spiro atoms. The third-order valence-electron chi connectivity index (χ3n) is 6.98. The Kier molecular flexibility index (Phi) is 4.65. The minimum Gasteiger partial charge on any atom is -0.369 e. The molecule has 1 saturated carbocycles. The molecule has 0 unspecified atom stereocenters. The first-order valence-corrected chi connectivity index (χ1v) is 11.4. The molecular formula is C23H25ClN4O2. The lowest BCUT2D eigenvalue weighted by Gasteiger charge is -2.28. The molecule has 2 aliphatic carbocycles. The Balaban J connectivity index is 1.27. The van der Waals surface area contributed by atoms with Gasteiger partial charge in [-0.25, -0.2) is 0 Å². The largest absolute Gasteiger partial charge is 0.369 e. The maximum absolute atomic E-state index is 6.22. The van der Waals surface area contributed by atoms with Crippen LogP contribution >= 0.6 is 11.6 Å². The van der Waals surface area contributed by atoms with Gasteiger partial charge in [-0.3, -0.25) is 4.57 Å². The highest BCUT2D eigenvalue weighted by Gasteiger charge is 2.33. The molecule has 1 fully saturated rings. The molecule has 2 aromatic heterocycles. The van der Waals surface area contributed by atoms with E-state index < -0.39 is 0 Å². The maximum atomic E-state index is 6.22. The van der Waals surface area contributed by atoms with E-state index in [1.807, 2.05) is 12.1 Å². The van der Waals surface area contributed by atoms with E-state index in [2.05, 4.69) is 26.0 Å². The quantitative estimate of drug-likeness (QED) is 0.561. The van der Waals surface area contributed by atoms with Gasteiger partial charge in [-0.2, -0.15) is 0 Å². The van der Waals surface area contributed by atoms with Crippen LogP contribution in [0.5, 0.6) is 0 Å². The predicted octanol–water partition coefficient (Wildman–Crippen LogP) is 5.26. The van der Waals surface area contributed by atoms with Crippen LogP contribution in [0, 0.1) is 0 Å². The molecular weight excluding hydrogens is 400 g/mol. The summed E-state index contributed by atoms with van der Waals surface area (Å²) in [6.07, 6.45) is 9.09. The van der Waals surface area contributed by atoms with Crippen LogP contribution in [0.25, 0.3) is 5.69 Å². The van der Waals surface area contributed by atoms with Crippen molar-refractivity contribution in [2.24, 2.45) is 0 Å². The molecule has 3 heterocycles. The van der Waals surface area contributed by atoms with Crippen molar-refractivity contribution in [3.63, 3.8) is 0 Å². The van der Waals surface area contributed by atoms with Crippen LogP contribution in [0.1, 0.15) is 84.6 Å². The molecule has 3 aliphatic rings. The number of ether oxygens (including phenoxy) is 1. The van der Waals surface area contributed by atoms with Gasteiger partial charge in [-0.1, -0.05) is 16.8 Å². The van der Waals surface area contributed by atoms with Gasteiger partial charge in [0.2, 0.25) is 0 Å². The number of fused-ring (bicyclic) bond motifs is 4. The highest BCUT2D eigenvalue weighted by molar-refractivity contribution is 6.30. The Bertz CT molecular complexity index is 1080. The summed E-state index contributed by atoms with van der Waals surface area (Å²) in [4.78, 5) is 0. The first-order valence-electron chi connectivity index (χ1n) is 11.1. The summed E-state index contributed by atoms with van der Waals surface area (Å²) >= 11 is 6.22. The number of halogens is 1. The molecule has 6 rings (SSSR count). The zero-order valence-electron chi connectivity index (χ0n) is 16.9. The highest BCUT2D eigenvalue weighted by atomic mass is 35.5. The van der Waals surface area contributed by atoms with Gasteiger partial charge < -0.3 is 9.26 Å². The van der Waals surface area contributed by atoms with Crippen LogP contribution < -0.4 is 0 Å². The van der Waals surface area contributed by atoms with Gasteiger partial charge in [0.25, 0.3) is 0 Å². The second-order valence-corrected chi connectivity index (χ2v) is 9.24. The van der Waals surface area contributed by atoms with Crippen molar-refractivity contribution >= 4 is 11.6 Å². The summed E-state index contributed by atoms with van der Waals surface area (Å²) in [7, 11) is 0. The van der Waals surface area contributed by atoms with E-state index in [1.54, 1.807) is 0 Å². The van der Waals surface area contributed by atoms with Crippen LogP contribution in [0.2, 0.25) is 5.02 Å². The molecule has 0 radical (unpaired) electrons. The van der Waals surface area contributed by atoms with E-state index in [9.17, 15) is 0 Å². The van der Waals surface area contributed by atoms with Crippen LogP contribution in [-0.4, -0.2) is 19.9 Å². The van der Waals surface area contributed by atoms with Gasteiger partial charge in [-0.15, -0.1) is 10.2 Å². The molecule has 7 heteroatoms. The fourth-order valence-electron chi connectivity index (χ4n) is 5.44. The Labute approximate surface area is 180 Å². The fraction of sp³-hybridized carbons (Fsp3) is 0.522. The van der Waals surface area contributed by atoms with Crippen LogP contribution in [-0.2, 0) is 30.8 Å². The number of aromatic nitrogens is 4. The molecule has 6 nitrogen and oxygen atoms in total. The summed E-state index contributed by atoms with van der Waals surface area (Å²) in [5.41, 5.74) is 4.79. The molecule has 1 aromatic carbocycles. The van der Waals surface area contributed by atoms with Gasteiger partial charge in [0, 0.05) is 28.0 Å². The average molecular weight is 425 g/mol. The lowest BCUT2D eigenvalue weighted by atomic mass is 9.78. The minimum absolute atomic E-state index is 0.392. The van der Waals surface area contributed by atoms with Gasteiger partial charge in [-0.05, 0) is 69.6 Å². The van der Waals surface area contributed by atoms with Gasteiger partial charge in [0.05, 0.1) is 18.0 Å². The number of nitrogens with zero attached hydrogens (tertiary/aromatic N) is 4. The van der Waals surface area contributed by atoms with E-state index in [-0.39, 0.29) is 0 Å². The van der Waals surface area contributed by atoms with Crippen molar-refractivity contribution in [2.75, 3.05) is 0 Å². The van der Waals surface area contributed by atoms with Crippen molar-refractivity contribution in [1.82, 2.24) is 19.9 Å². The Morgan fingerprint density at radius 2 is 1.80 bits per heavy atom. The number of hydrogen-bond acceptors (Lipinski definition) is 5. The summed E-state index contributed by atoms with van der Waals surface area (Å²) in [6, 6.07) is 5.98. The van der Waals surface area contributed by atoms with E-state index in [4.69, 9.17) is 20.9 Å². The summed E-state index contributed by atoms with van der Waals surface area (Å²) in [6.45, 7) is 1.01. The molecule has 0 saturated heterocycles. The molecule has 156 valence electrons. The first-order chi connectivity index (χ1) is 14.8. The number of benzene rings is 1. The van der Waals surface area contributed by atoms with E-state index >= 15 is 0 Å². The molecule has 0 bridgehead atoms. The molecule has 0 N–H and O–H groups in total. The second kappa shape index (κ2) is 7.50. The molecule has 30 heavy (non-hydrogen) atoms. The number of hydrogen-bond donors (Lipinski definition) is 0. The predicted molar refractivity (Wildman–Crippen MR) is 112 cm³/mol. The number of aryl methyl sites for hydroxylation is 1. The van der Waals surface area contributed by atoms with E-state index in [1.165, 1.54) is 24.1 Å². The van der Waals surface area contributed by atoms with Crippen molar-refractivity contribution in [3.8, 4) is 5.69 Å². The van der Waals surface area contributed by atoms with E-state index in [0.29, 0.717) is 25.0 Å². The summed E-state index contributed by atoms with van der Waals surface area (Å²) in [5.74, 6) is 3.96. The standard InChI is InChI=1S/C23H25ClN4O2/c24-17-9-10-20-16(11-17)12-29-13-21-25-26-23(28(20)21)15-7-5-14(6-8-15)22-18-3-1-2-4-19(18)27-30-22/h9-11,14-15H,1-8,12-13H2/t14-,15-. The second-order valence-electron chi connectivity index (χ2n) is 8.80. The van der Waals surface area contributed by atoms with Crippen LogP contribution in [0.4, 0.5) is 0 Å². The Morgan fingerprint density at radius 3 is 2.70 bits per heavy atom. The normalized spacial score (nSPS) is 23.4. The topological polar surface area (TPSA) is 66.0 Å². The Hall–Kier alpha value is -2.18. The third-order valence-corrected chi connectivity index (χ3v) is 7.21. The molecule has 0 atom stereocenters. The molecule has 0 amide bonds. The van der Waals surface area contributed by atoms with E-state index in [0.717, 1.165) is 72.2 Å². The fourth-order valence-corrected chi connectivity index (χ4v) is 5.64. The monoisotopic (exact) mass is 424 g/mol. The Morgan fingerprint density at radius 1 is 0.967 bits per heavy atom. The van der Waals surface area contributed by atoms with Crippen molar-refractivity contribution in [2.45, 2.75) is 76.4 Å². The maximum Gasteiger partial charge on any atom is 0.163 e. The zero-order chi connectivity index (χ0) is 20.1. The lowest BCUT2D eigenvalue weighted by molar-refractivity contribution is 0.105. The average Bonchev–Trinajstić information content (AvgIpc) is 3.34. The molecule has 1 aliphatic heterocycles. The first kappa shape index (κ1) is 18.6. The highest BCUT2D eigenvalue weighted by Crippen LogP contribution is 2.43. The summed E-state index contributed by atoms with van der Waals surface area (Å²) in [5, 5.41) is 14.2. The van der Waals surface area contributed by atoms with Gasteiger partial charge in [0.15, 0.2) is 5.82 Å². The third kappa shape index (κ3) is 3.08. The van der Waals surface area contributed by atoms with Gasteiger partial charge in [0.1, 0.15) is 18.2 Å². The SMILES string of the molecule is Clc1ccc2c(c1)COCc1nnc([C@H]3CC[C@H](c4onc5c4CCCC5)CC3)n1-2. The minimum atomic E-state index is 0.392. The summed E-state index contributed by atoms with van der Waals surface area (Å²) < 4.78 is 13.9. The van der Waals surface area contributed by atoms with Crippen molar-refractivity contribution in [3.05, 3.63) is 57.5 Å². The molecule has 3 aromatic rings. The van der Waals surface area contributed by atoms with Crippen molar-refractivity contribution < 1.29 is 9.26 Å². The van der Waals surface area contributed by atoms with Gasteiger partial charge >= 0.3 is 0 Å². The number of rotatable bonds is 2.